The molecule has 0 aromatic carbocycles. The van der Waals surface area contributed by atoms with E-state index in [1.807, 2.05) is 0 Å². The molecule has 230 valence electrons. The number of aromatic nitrogens is 8. The Labute approximate surface area is 249 Å². The lowest BCUT2D eigenvalue weighted by atomic mass is 10.1. The first-order chi connectivity index (χ1) is 20.4. The number of aliphatic hydroxyl groups is 1. The van der Waals surface area contributed by atoms with Crippen LogP contribution in [0.2, 0.25) is 0 Å². The fourth-order valence-corrected chi connectivity index (χ4v) is 8.80. The van der Waals surface area contributed by atoms with Crippen molar-refractivity contribution in [2.75, 3.05) is 12.3 Å². The number of thiol groups is 1. The molecule has 0 spiro atoms. The summed E-state index contributed by atoms with van der Waals surface area (Å²) in [6.45, 7) is -9.16. The number of nitrogens with two attached hydrogens (primary N) is 1. The van der Waals surface area contributed by atoms with Crippen molar-refractivity contribution in [2.45, 2.75) is 55.4 Å². The summed E-state index contributed by atoms with van der Waals surface area (Å²) in [4.78, 5) is 45.9. The van der Waals surface area contributed by atoms with Crippen LogP contribution in [0, 0.1) is 0 Å². The van der Waals surface area contributed by atoms with Gasteiger partial charge in [0.15, 0.2) is 35.0 Å². The zero-order valence-electron chi connectivity index (χ0n) is 21.4. The smallest absolute Gasteiger partial charge is 0.386 e. The predicted molar refractivity (Wildman–Crippen MR) is 150 cm³/mol. The van der Waals surface area contributed by atoms with E-state index in [1.165, 1.54) is 34.4 Å². The van der Waals surface area contributed by atoms with E-state index in [0.717, 1.165) is 0 Å². The van der Waals surface area contributed by atoms with Crippen molar-refractivity contribution in [1.82, 2.24) is 39.0 Å². The standard InChI is InChI=1S/C20H22FN9O9P2S2/c21-10-15-9(36-20(10)30-6-27-11-16(22)23-3-24-17(11)30)2-35-40(33,42)38-14-7(1-8(13(14)31)37-41(34,43)39-15)29-5-28-12-18(29)25-4-26-19(12)32/h3-10,13-15,20,31H,1-2H2,(H,33,42)(H,34,43)(H2,22,23,24)(H,25,26,32)/t7-,8+,9-,10+,13+,14+,15-,20-,40?,41?/m1/s1. The average molecular weight is 678 g/mol. The number of aliphatic hydroxyl groups excluding tert-OH is 1. The Balaban J connectivity index is 1.22. The number of aromatic amines is 1. The topological polar surface area (TPSA) is 237 Å². The quantitative estimate of drug-likeness (QED) is 0.144. The normalized spacial score (nSPS) is 38.6. The molecule has 43 heavy (non-hydrogen) atoms. The van der Waals surface area contributed by atoms with Crippen LogP contribution in [-0.4, -0.2) is 92.3 Å². The monoisotopic (exact) mass is 677 g/mol. The lowest BCUT2D eigenvalue weighted by Gasteiger charge is -2.30. The van der Waals surface area contributed by atoms with Crippen LogP contribution < -0.4 is 11.3 Å². The van der Waals surface area contributed by atoms with E-state index in [2.05, 4.69) is 42.2 Å². The zero-order valence-corrected chi connectivity index (χ0v) is 24.9. The van der Waals surface area contributed by atoms with E-state index >= 15 is 4.39 Å². The molecule has 2 bridgehead atoms. The van der Waals surface area contributed by atoms with E-state index in [9.17, 15) is 19.4 Å². The van der Waals surface area contributed by atoms with Crippen LogP contribution in [0.4, 0.5) is 10.2 Å². The van der Waals surface area contributed by atoms with Gasteiger partial charge in [-0.1, -0.05) is 12.2 Å². The summed E-state index contributed by atoms with van der Waals surface area (Å²) in [5, 5.41) is 11.2. The first kappa shape index (κ1) is 29.3. The van der Waals surface area contributed by atoms with Gasteiger partial charge in [-0.2, -0.15) is 0 Å². The Bertz CT molecular complexity index is 1880. The Hall–Kier alpha value is -2.42. The summed E-state index contributed by atoms with van der Waals surface area (Å²) in [5.41, 5.74) is 5.85. The van der Waals surface area contributed by atoms with Gasteiger partial charge in [0, 0.05) is 6.42 Å². The molecule has 3 aliphatic rings. The number of halogens is 1. The Morgan fingerprint density at radius 2 is 1.81 bits per heavy atom. The lowest BCUT2D eigenvalue weighted by molar-refractivity contribution is -0.0546. The maximum absolute atomic E-state index is 16.0. The van der Waals surface area contributed by atoms with E-state index < -0.39 is 74.6 Å². The summed E-state index contributed by atoms with van der Waals surface area (Å²) < 4.78 is 60.6. The van der Waals surface area contributed by atoms with Crippen molar-refractivity contribution >= 4 is 65.7 Å². The number of nitrogens with one attached hydrogen (secondary N) is 1. The van der Waals surface area contributed by atoms with E-state index in [1.54, 1.807) is 0 Å². The number of rotatable bonds is 2. The number of imidazole rings is 2. The third kappa shape index (κ3) is 5.11. The third-order valence-corrected chi connectivity index (χ3v) is 10.6. The van der Waals surface area contributed by atoms with Gasteiger partial charge >= 0.3 is 13.5 Å². The van der Waals surface area contributed by atoms with Gasteiger partial charge < -0.3 is 39.1 Å². The van der Waals surface area contributed by atoms with Crippen molar-refractivity contribution in [3.8, 4) is 0 Å². The molecule has 2 aliphatic heterocycles. The molecule has 6 heterocycles. The van der Waals surface area contributed by atoms with Gasteiger partial charge in [-0.05, 0) is 11.8 Å². The van der Waals surface area contributed by atoms with Gasteiger partial charge in [-0.15, -0.1) is 0 Å². The van der Waals surface area contributed by atoms with Crippen LogP contribution in [0.25, 0.3) is 22.3 Å². The zero-order chi connectivity index (χ0) is 30.3. The maximum Gasteiger partial charge on any atom is 0.386 e. The van der Waals surface area contributed by atoms with Crippen molar-refractivity contribution < 1.29 is 41.8 Å². The summed E-state index contributed by atoms with van der Waals surface area (Å²) in [7, 11) is 0. The highest BCUT2D eigenvalue weighted by Gasteiger charge is 2.54. The van der Waals surface area contributed by atoms with Gasteiger partial charge in [0.05, 0.1) is 37.7 Å². The van der Waals surface area contributed by atoms with Gasteiger partial charge in [0.25, 0.3) is 5.56 Å². The van der Waals surface area contributed by atoms with E-state index in [4.69, 9.17) is 40.4 Å². The molecular formula is C20H22FN9O9P2S2. The molecule has 1 aliphatic carbocycles. The van der Waals surface area contributed by atoms with Gasteiger partial charge in [-0.25, -0.2) is 33.9 Å². The van der Waals surface area contributed by atoms with Crippen molar-refractivity contribution in [3.63, 3.8) is 0 Å². The molecule has 7 rings (SSSR count). The number of alkyl halides is 1. The Morgan fingerprint density at radius 3 is 2.63 bits per heavy atom. The minimum absolute atomic E-state index is 0.00856. The second-order valence-corrected chi connectivity index (χ2v) is 15.6. The molecule has 2 saturated heterocycles. The number of anilines is 1. The van der Waals surface area contributed by atoms with Crippen molar-refractivity contribution in [3.05, 3.63) is 35.7 Å². The van der Waals surface area contributed by atoms with Gasteiger partial charge in [0.1, 0.15) is 36.3 Å². The second kappa shape index (κ2) is 10.6. The first-order valence-corrected chi connectivity index (χ1v) is 17.9. The highest BCUT2D eigenvalue weighted by atomic mass is 32.7. The van der Waals surface area contributed by atoms with E-state index in [0.29, 0.717) is 0 Å². The highest BCUT2D eigenvalue weighted by Crippen LogP contribution is 2.61. The molecular weight excluding hydrogens is 655 g/mol. The highest BCUT2D eigenvalue weighted by molar-refractivity contribution is 8.44. The summed E-state index contributed by atoms with van der Waals surface area (Å²) in [6.07, 6.45) is -5.71. The molecule has 1 saturated carbocycles. The Kier molecular flexibility index (Phi) is 7.22. The minimum Gasteiger partial charge on any atom is -0.388 e. The molecule has 4 aromatic heterocycles. The molecule has 0 radical (unpaired) electrons. The molecule has 2 unspecified atom stereocenters. The number of hydrogen-bond acceptors (Lipinski definition) is 15. The van der Waals surface area contributed by atoms with Crippen LogP contribution >= 0.6 is 25.8 Å². The molecule has 0 amide bonds. The molecule has 3 fully saturated rings. The number of nitrogen functional groups attached to an aromatic ring is 1. The van der Waals surface area contributed by atoms with Gasteiger partial charge in [0.2, 0.25) is 0 Å². The van der Waals surface area contributed by atoms with Crippen LogP contribution in [0.3, 0.4) is 0 Å². The van der Waals surface area contributed by atoms with Crippen LogP contribution in [0.5, 0.6) is 0 Å². The number of hydrogen-bond donors (Lipinski definition) is 5. The number of fused-ring (bicyclic) bond motifs is 5. The molecule has 5 N–H and O–H groups in total. The summed E-state index contributed by atoms with van der Waals surface area (Å²) in [5.74, 6) is 0.0628. The van der Waals surface area contributed by atoms with Crippen molar-refractivity contribution in [2.24, 2.45) is 0 Å². The fraction of sp³-hybridized carbons (Fsp3) is 0.500. The molecule has 18 nitrogen and oxygen atoms in total. The fourth-order valence-electron chi connectivity index (χ4n) is 5.50. The second-order valence-electron chi connectivity index (χ2n) is 9.96. The average Bonchev–Trinajstić information content (AvgIpc) is 3.70. The van der Waals surface area contributed by atoms with Crippen LogP contribution in [-0.2, 0) is 39.2 Å². The number of nitrogens with zero attached hydrogens (tertiary/aromatic N) is 7. The molecule has 23 heteroatoms. The summed E-state index contributed by atoms with van der Waals surface area (Å²) >= 11 is 9.29. The van der Waals surface area contributed by atoms with Crippen LogP contribution in [0.15, 0.2) is 30.1 Å². The van der Waals surface area contributed by atoms with Crippen molar-refractivity contribution in [1.29, 1.82) is 0 Å². The lowest BCUT2D eigenvalue weighted by Crippen LogP contribution is -2.37. The maximum atomic E-state index is 16.0. The molecule has 4 aromatic rings. The van der Waals surface area contributed by atoms with Gasteiger partial charge in [-0.3, -0.25) is 18.4 Å². The predicted octanol–water partition coefficient (Wildman–Crippen LogP) is 0.523. The largest absolute Gasteiger partial charge is 0.388 e. The molecule has 10 atom stereocenters. The third-order valence-electron chi connectivity index (χ3n) is 7.40. The minimum atomic E-state index is -4.42. The SMILES string of the molecule is Nc1ncnc2c1ncn2[C@@H]1O[C@@H]2COP(O)(=S)O[C@@H]3[C@@H](O)[C@H](C[C@H]3n3cnc4c(=O)[nH]cnc43)OP(=O)(S)O[C@H]2[C@@H]1F. The summed E-state index contributed by atoms with van der Waals surface area (Å²) in [6, 6.07) is -0.885. The first-order valence-electron chi connectivity index (χ1n) is 12.6. The van der Waals surface area contributed by atoms with Crippen LogP contribution in [0.1, 0.15) is 18.7 Å². The van der Waals surface area contributed by atoms with E-state index in [-0.39, 0.29) is 34.6 Å². The number of ether oxygens (including phenoxy) is 1. The Morgan fingerprint density at radius 1 is 1.07 bits per heavy atom. The number of H-pyrrole nitrogens is 1.